The Morgan fingerprint density at radius 3 is 3.00 bits per heavy atom. The van der Waals surface area contributed by atoms with Gasteiger partial charge in [-0.15, -0.1) is 0 Å². The number of hydrogen-bond donors (Lipinski definition) is 2. The van der Waals surface area contributed by atoms with Gasteiger partial charge in [0.15, 0.2) is 0 Å². The summed E-state index contributed by atoms with van der Waals surface area (Å²) in [5.41, 5.74) is 5.46. The summed E-state index contributed by atoms with van der Waals surface area (Å²) in [7, 11) is 0. The first-order valence-electron chi connectivity index (χ1n) is 7.07. The second kappa shape index (κ2) is 5.05. The SMILES string of the molecule is CC1Oc2n[n-]c3nc(N)nc(c23)N2CC(C)(O)CCC12.[Re]. The van der Waals surface area contributed by atoms with Gasteiger partial charge < -0.3 is 30.6 Å². The first-order chi connectivity index (χ1) is 9.94. The van der Waals surface area contributed by atoms with Gasteiger partial charge in [0.2, 0.25) is 5.88 Å². The number of aromatic nitrogens is 4. The van der Waals surface area contributed by atoms with E-state index in [1.165, 1.54) is 0 Å². The number of nitrogens with zero attached hydrogens (tertiary/aromatic N) is 5. The normalized spacial score (nSPS) is 30.2. The van der Waals surface area contributed by atoms with Crippen LogP contribution in [0.2, 0.25) is 0 Å². The van der Waals surface area contributed by atoms with Crippen molar-refractivity contribution >= 4 is 22.8 Å². The zero-order valence-corrected chi connectivity index (χ0v) is 15.0. The maximum absolute atomic E-state index is 10.4. The van der Waals surface area contributed by atoms with Crippen molar-refractivity contribution < 1.29 is 30.3 Å². The molecule has 0 spiro atoms. The van der Waals surface area contributed by atoms with Crippen LogP contribution in [-0.4, -0.2) is 44.5 Å². The Bertz CT molecular complexity index is 718. The molecule has 0 saturated carbocycles. The van der Waals surface area contributed by atoms with E-state index in [-0.39, 0.29) is 38.5 Å². The van der Waals surface area contributed by atoms with E-state index in [1.54, 1.807) is 0 Å². The number of nitrogens with two attached hydrogens (primary N) is 1. The molecule has 1 radical (unpaired) electrons. The van der Waals surface area contributed by atoms with Crippen LogP contribution in [0.15, 0.2) is 0 Å². The molecule has 4 rings (SSSR count). The largest absolute Gasteiger partial charge is 0.472 e. The standard InChI is InChI=1S/C13H17N6O2.Re/c1-6-7-3-4-13(2,20)5-19(7)10-8-9(15-12(14)16-10)17-18-11(8)21-6;/h6-7,20H,3-5H2,1-2H3,(H2-,14,15,16,17,18);/q-1;. The third-order valence-electron chi connectivity index (χ3n) is 4.34. The Morgan fingerprint density at radius 1 is 1.45 bits per heavy atom. The Morgan fingerprint density at radius 2 is 2.23 bits per heavy atom. The maximum Gasteiger partial charge on any atom is 0.224 e. The summed E-state index contributed by atoms with van der Waals surface area (Å²) in [6, 6.07) is 0.122. The van der Waals surface area contributed by atoms with Crippen LogP contribution < -0.4 is 20.5 Å². The Hall–Kier alpha value is -1.43. The first kappa shape index (κ1) is 15.5. The molecule has 2 aromatic rings. The van der Waals surface area contributed by atoms with Gasteiger partial charge in [-0.05, 0) is 32.3 Å². The maximum atomic E-state index is 10.4. The van der Waals surface area contributed by atoms with Crippen molar-refractivity contribution in [2.24, 2.45) is 0 Å². The van der Waals surface area contributed by atoms with E-state index in [0.29, 0.717) is 29.3 Å². The number of nitrogen functional groups attached to an aromatic ring is 1. The van der Waals surface area contributed by atoms with Crippen LogP contribution in [0.5, 0.6) is 5.88 Å². The van der Waals surface area contributed by atoms with Crippen molar-refractivity contribution in [3.05, 3.63) is 0 Å². The molecule has 0 aromatic carbocycles. The van der Waals surface area contributed by atoms with Gasteiger partial charge in [-0.25, -0.2) is 10.1 Å². The van der Waals surface area contributed by atoms with Crippen molar-refractivity contribution in [2.75, 3.05) is 17.2 Å². The minimum atomic E-state index is -0.764. The van der Waals surface area contributed by atoms with Crippen LogP contribution in [0.25, 0.3) is 11.0 Å². The summed E-state index contributed by atoms with van der Waals surface area (Å²) in [4.78, 5) is 10.5. The summed E-state index contributed by atoms with van der Waals surface area (Å²) in [5.74, 6) is 1.26. The fourth-order valence-corrected chi connectivity index (χ4v) is 3.30. The summed E-state index contributed by atoms with van der Waals surface area (Å²) in [6.45, 7) is 4.31. The van der Waals surface area contributed by atoms with E-state index in [0.717, 1.165) is 12.8 Å². The van der Waals surface area contributed by atoms with Crippen molar-refractivity contribution in [1.82, 2.24) is 20.2 Å². The molecule has 4 heterocycles. The molecule has 2 aromatic heterocycles. The number of anilines is 2. The minimum Gasteiger partial charge on any atom is -0.472 e. The number of rotatable bonds is 0. The van der Waals surface area contributed by atoms with Gasteiger partial charge in [0, 0.05) is 27.0 Å². The fourth-order valence-electron chi connectivity index (χ4n) is 3.30. The molecule has 9 heteroatoms. The molecule has 1 fully saturated rings. The van der Waals surface area contributed by atoms with Crippen LogP contribution in [0.1, 0.15) is 26.7 Å². The molecule has 22 heavy (non-hydrogen) atoms. The van der Waals surface area contributed by atoms with Gasteiger partial charge in [-0.1, -0.05) is 0 Å². The van der Waals surface area contributed by atoms with Gasteiger partial charge in [0.1, 0.15) is 17.9 Å². The van der Waals surface area contributed by atoms with Crippen LogP contribution in [-0.2, 0) is 20.4 Å². The molecule has 2 aliphatic rings. The molecule has 8 nitrogen and oxygen atoms in total. The molecule has 119 valence electrons. The molecular formula is C13H17N6O2Re-. The van der Waals surface area contributed by atoms with E-state index in [4.69, 9.17) is 10.5 Å². The van der Waals surface area contributed by atoms with Gasteiger partial charge in [0.05, 0.1) is 17.0 Å². The van der Waals surface area contributed by atoms with Gasteiger partial charge in [-0.3, -0.25) is 0 Å². The molecule has 0 amide bonds. The Kier molecular flexibility index (Phi) is 3.55. The summed E-state index contributed by atoms with van der Waals surface area (Å²) in [6.07, 6.45) is 1.47. The minimum absolute atomic E-state index is 0. The van der Waals surface area contributed by atoms with E-state index in [1.807, 2.05) is 13.8 Å². The Balaban J connectivity index is 0.00000144. The molecule has 3 N–H and O–H groups in total. The van der Waals surface area contributed by atoms with Crippen LogP contribution >= 0.6 is 0 Å². The quantitative estimate of drug-likeness (QED) is 0.551. The third-order valence-corrected chi connectivity index (χ3v) is 4.34. The van der Waals surface area contributed by atoms with E-state index >= 15 is 0 Å². The van der Waals surface area contributed by atoms with Gasteiger partial charge >= 0.3 is 0 Å². The predicted molar refractivity (Wildman–Crippen MR) is 76.1 cm³/mol. The first-order valence-corrected chi connectivity index (χ1v) is 7.07. The number of piperidine rings is 1. The molecule has 0 bridgehead atoms. The van der Waals surface area contributed by atoms with Gasteiger partial charge in [0.25, 0.3) is 0 Å². The van der Waals surface area contributed by atoms with E-state index < -0.39 is 5.60 Å². The zero-order chi connectivity index (χ0) is 14.8. The number of aliphatic hydroxyl groups is 1. The molecule has 0 aliphatic carbocycles. The molecular weight excluding hydrogens is 458 g/mol. The van der Waals surface area contributed by atoms with Crippen molar-refractivity contribution in [3.8, 4) is 5.88 Å². The van der Waals surface area contributed by atoms with Crippen molar-refractivity contribution in [2.45, 2.75) is 44.4 Å². The van der Waals surface area contributed by atoms with E-state index in [2.05, 4.69) is 25.1 Å². The van der Waals surface area contributed by atoms with Gasteiger partial charge in [-0.2, -0.15) is 0 Å². The summed E-state index contributed by atoms with van der Waals surface area (Å²) < 4.78 is 5.93. The van der Waals surface area contributed by atoms with Crippen molar-refractivity contribution in [3.63, 3.8) is 0 Å². The number of fused-ring (bicyclic) bond motifs is 2. The molecule has 3 atom stereocenters. The number of ether oxygens (including phenoxy) is 1. The Labute approximate surface area is 141 Å². The fraction of sp³-hybridized carbons (Fsp3) is 0.615. The summed E-state index contributed by atoms with van der Waals surface area (Å²) >= 11 is 0. The molecule has 3 unspecified atom stereocenters. The van der Waals surface area contributed by atoms with Crippen molar-refractivity contribution in [1.29, 1.82) is 0 Å². The second-order valence-corrected chi connectivity index (χ2v) is 6.16. The van der Waals surface area contributed by atoms with Crippen LogP contribution in [0.3, 0.4) is 0 Å². The molecule has 2 aliphatic heterocycles. The monoisotopic (exact) mass is 476 g/mol. The second-order valence-electron chi connectivity index (χ2n) is 6.16. The summed E-state index contributed by atoms with van der Waals surface area (Å²) in [5, 5.41) is 19.2. The average molecular weight is 476 g/mol. The molecule has 1 saturated heterocycles. The number of hydrogen-bond acceptors (Lipinski definition) is 7. The predicted octanol–water partition coefficient (Wildman–Crippen LogP) is 0.0624. The topological polar surface area (TPSA) is 111 Å². The zero-order valence-electron chi connectivity index (χ0n) is 12.3. The van der Waals surface area contributed by atoms with Crippen LogP contribution in [0.4, 0.5) is 11.8 Å². The van der Waals surface area contributed by atoms with E-state index in [9.17, 15) is 5.11 Å². The average Bonchev–Trinajstić information content (AvgIpc) is 2.74. The smallest absolute Gasteiger partial charge is 0.224 e. The third kappa shape index (κ3) is 2.24. The van der Waals surface area contributed by atoms with Crippen LogP contribution in [0, 0.1) is 0 Å².